The molecule has 1 aromatic carbocycles. The topological polar surface area (TPSA) is 69.6 Å². The van der Waals surface area contributed by atoms with Gasteiger partial charge in [-0.25, -0.2) is 0 Å². The zero-order valence-electron chi connectivity index (χ0n) is 11.0. The number of fused-ring (bicyclic) bond motifs is 3. The van der Waals surface area contributed by atoms with Gasteiger partial charge in [0.25, 0.3) is 0 Å². The molecule has 3 aliphatic rings. The highest BCUT2D eigenvalue weighted by Gasteiger charge is 2.64. The maximum Gasteiger partial charge on any atom is 0.309 e. The Labute approximate surface area is 116 Å². The van der Waals surface area contributed by atoms with Crippen molar-refractivity contribution in [2.75, 3.05) is 18.4 Å². The van der Waals surface area contributed by atoms with Crippen molar-refractivity contribution in [3.05, 3.63) is 29.8 Å². The number of carboxylic acid groups (broad SMARTS) is 1. The molecule has 0 unspecified atom stereocenters. The number of benzene rings is 1. The number of hydrogen-bond acceptors (Lipinski definition) is 3. The number of anilines is 1. The Kier molecular flexibility index (Phi) is 2.27. The van der Waals surface area contributed by atoms with Crippen LogP contribution in [0.15, 0.2) is 24.3 Å². The van der Waals surface area contributed by atoms with Crippen molar-refractivity contribution in [1.82, 2.24) is 4.90 Å². The average Bonchev–Trinajstić information content (AvgIpc) is 3.03. The first-order valence-electron chi connectivity index (χ1n) is 7.02. The van der Waals surface area contributed by atoms with Crippen molar-refractivity contribution >= 4 is 17.6 Å². The predicted molar refractivity (Wildman–Crippen MR) is 72.5 cm³/mol. The molecule has 2 fully saturated rings. The van der Waals surface area contributed by atoms with E-state index in [2.05, 4.69) is 10.2 Å². The van der Waals surface area contributed by atoms with Gasteiger partial charge in [-0.2, -0.15) is 0 Å². The van der Waals surface area contributed by atoms with Crippen molar-refractivity contribution in [2.45, 2.75) is 24.3 Å². The van der Waals surface area contributed by atoms with Gasteiger partial charge in [-0.05, 0) is 31.0 Å². The van der Waals surface area contributed by atoms with Crippen LogP contribution < -0.4 is 5.32 Å². The van der Waals surface area contributed by atoms with E-state index in [1.165, 1.54) is 0 Å². The molecule has 1 amide bonds. The Morgan fingerprint density at radius 2 is 2.20 bits per heavy atom. The van der Waals surface area contributed by atoms with Crippen molar-refractivity contribution < 1.29 is 14.7 Å². The fourth-order valence-electron chi connectivity index (χ4n) is 4.35. The zero-order valence-corrected chi connectivity index (χ0v) is 11.0. The van der Waals surface area contributed by atoms with Crippen LogP contribution >= 0.6 is 0 Å². The second-order valence-corrected chi connectivity index (χ2v) is 5.97. The van der Waals surface area contributed by atoms with E-state index in [-0.39, 0.29) is 11.9 Å². The molecular formula is C15H16N2O3. The lowest BCUT2D eigenvalue weighted by molar-refractivity contribution is -0.146. The van der Waals surface area contributed by atoms with Gasteiger partial charge in [0.1, 0.15) is 5.41 Å². The Hall–Kier alpha value is -1.88. The Balaban J connectivity index is 1.91. The molecule has 3 aliphatic heterocycles. The molecule has 4 rings (SSSR count). The number of hydrogen-bond donors (Lipinski definition) is 2. The molecule has 0 radical (unpaired) electrons. The molecule has 0 aromatic heterocycles. The van der Waals surface area contributed by atoms with Crippen molar-refractivity contribution in [3.8, 4) is 0 Å². The monoisotopic (exact) mass is 272 g/mol. The van der Waals surface area contributed by atoms with Crippen LogP contribution in [0.4, 0.5) is 5.69 Å². The molecule has 0 bridgehead atoms. The minimum absolute atomic E-state index is 0.00981. The van der Waals surface area contributed by atoms with Crippen LogP contribution in [0.5, 0.6) is 0 Å². The molecule has 3 heterocycles. The van der Waals surface area contributed by atoms with Crippen molar-refractivity contribution in [3.63, 3.8) is 0 Å². The molecule has 1 aromatic rings. The molecule has 104 valence electrons. The third-order valence-corrected chi connectivity index (χ3v) is 5.11. The maximum absolute atomic E-state index is 12.6. The summed E-state index contributed by atoms with van der Waals surface area (Å²) in [7, 11) is 0. The number of rotatable bonds is 1. The van der Waals surface area contributed by atoms with E-state index in [0.29, 0.717) is 6.54 Å². The summed E-state index contributed by atoms with van der Waals surface area (Å²) in [5.74, 6) is -1.65. The number of amides is 1. The average molecular weight is 272 g/mol. The van der Waals surface area contributed by atoms with Crippen LogP contribution in [0.2, 0.25) is 0 Å². The maximum atomic E-state index is 12.6. The third-order valence-electron chi connectivity index (χ3n) is 5.11. The lowest BCUT2D eigenvalue weighted by Crippen LogP contribution is -2.46. The van der Waals surface area contributed by atoms with Crippen LogP contribution in [-0.2, 0) is 15.0 Å². The summed E-state index contributed by atoms with van der Waals surface area (Å²) in [6.07, 6.45) is 1.89. The summed E-state index contributed by atoms with van der Waals surface area (Å²) >= 11 is 0. The molecule has 1 spiro atoms. The molecule has 5 nitrogen and oxygen atoms in total. The summed E-state index contributed by atoms with van der Waals surface area (Å²) in [6.45, 7) is 1.42. The standard InChI is InChI=1S/C15H16N2O3/c18-13(19)12-11-6-3-7-17(11)8-15(12)9-4-1-2-5-10(9)16-14(15)20/h1-2,4-5,11-12H,3,6-8H2,(H,16,20)(H,18,19)/t11-,12+,15+/m0/s1. The highest BCUT2D eigenvalue weighted by atomic mass is 16.4. The van der Waals surface area contributed by atoms with Gasteiger partial charge in [-0.15, -0.1) is 0 Å². The normalized spacial score (nSPS) is 35.1. The lowest BCUT2D eigenvalue weighted by Gasteiger charge is -2.27. The highest BCUT2D eigenvalue weighted by molar-refractivity contribution is 6.09. The SMILES string of the molecule is O=C(O)[C@H]1[C@@H]2CCCN2C[C@]12C(=O)Nc1ccccc12. The number of carboxylic acids is 1. The molecule has 0 aliphatic carbocycles. The second kappa shape index (κ2) is 3.82. The minimum atomic E-state index is -0.909. The van der Waals surface area contributed by atoms with Crippen LogP contribution in [0, 0.1) is 5.92 Å². The number of aliphatic carboxylic acids is 1. The number of carbonyl (C=O) groups is 2. The van der Waals surface area contributed by atoms with Crippen molar-refractivity contribution in [1.29, 1.82) is 0 Å². The van der Waals surface area contributed by atoms with E-state index < -0.39 is 17.3 Å². The summed E-state index contributed by atoms with van der Waals surface area (Å²) in [4.78, 5) is 26.6. The first-order chi connectivity index (χ1) is 9.64. The summed E-state index contributed by atoms with van der Waals surface area (Å²) < 4.78 is 0. The Morgan fingerprint density at radius 3 is 3.00 bits per heavy atom. The number of carbonyl (C=O) groups excluding carboxylic acids is 1. The number of nitrogens with zero attached hydrogens (tertiary/aromatic N) is 1. The molecule has 20 heavy (non-hydrogen) atoms. The Morgan fingerprint density at radius 1 is 1.40 bits per heavy atom. The third kappa shape index (κ3) is 1.26. The first kappa shape index (κ1) is 11.9. The van der Waals surface area contributed by atoms with Gasteiger partial charge in [0.15, 0.2) is 0 Å². The fourth-order valence-corrected chi connectivity index (χ4v) is 4.35. The van der Waals surface area contributed by atoms with Gasteiger partial charge in [0.2, 0.25) is 5.91 Å². The van der Waals surface area contributed by atoms with E-state index in [4.69, 9.17) is 0 Å². The molecular weight excluding hydrogens is 256 g/mol. The number of para-hydroxylation sites is 1. The largest absolute Gasteiger partial charge is 0.481 e. The summed E-state index contributed by atoms with van der Waals surface area (Å²) in [6, 6.07) is 7.48. The molecule has 2 saturated heterocycles. The van der Waals surface area contributed by atoms with Gasteiger partial charge >= 0.3 is 5.97 Å². The van der Waals surface area contributed by atoms with Crippen LogP contribution in [0.25, 0.3) is 0 Å². The molecule has 0 saturated carbocycles. The van der Waals surface area contributed by atoms with E-state index >= 15 is 0 Å². The smallest absolute Gasteiger partial charge is 0.309 e. The van der Waals surface area contributed by atoms with E-state index in [1.807, 2.05) is 24.3 Å². The van der Waals surface area contributed by atoms with E-state index in [1.54, 1.807) is 0 Å². The van der Waals surface area contributed by atoms with Crippen LogP contribution in [-0.4, -0.2) is 41.0 Å². The quantitative estimate of drug-likeness (QED) is 0.802. The van der Waals surface area contributed by atoms with Crippen LogP contribution in [0.1, 0.15) is 18.4 Å². The minimum Gasteiger partial charge on any atom is -0.481 e. The number of nitrogens with one attached hydrogen (secondary N) is 1. The van der Waals surface area contributed by atoms with Gasteiger partial charge in [-0.3, -0.25) is 14.5 Å². The van der Waals surface area contributed by atoms with Gasteiger partial charge in [0, 0.05) is 18.3 Å². The summed E-state index contributed by atoms with van der Waals surface area (Å²) in [5.41, 5.74) is 0.713. The lowest BCUT2D eigenvalue weighted by atomic mass is 9.70. The van der Waals surface area contributed by atoms with Gasteiger partial charge in [0.05, 0.1) is 5.92 Å². The van der Waals surface area contributed by atoms with Crippen LogP contribution in [0.3, 0.4) is 0 Å². The molecule has 3 atom stereocenters. The second-order valence-electron chi connectivity index (χ2n) is 5.97. The van der Waals surface area contributed by atoms with Crippen molar-refractivity contribution in [2.24, 2.45) is 5.92 Å². The van der Waals surface area contributed by atoms with E-state index in [9.17, 15) is 14.7 Å². The zero-order chi connectivity index (χ0) is 13.9. The highest BCUT2D eigenvalue weighted by Crippen LogP contribution is 2.52. The molecule has 2 N–H and O–H groups in total. The fraction of sp³-hybridized carbons (Fsp3) is 0.467. The molecule has 5 heteroatoms. The predicted octanol–water partition coefficient (Wildman–Crippen LogP) is 1.06. The van der Waals surface area contributed by atoms with Gasteiger partial charge < -0.3 is 10.4 Å². The first-order valence-corrected chi connectivity index (χ1v) is 7.02. The van der Waals surface area contributed by atoms with E-state index in [0.717, 1.165) is 30.6 Å². The Bertz CT molecular complexity index is 615. The summed E-state index contributed by atoms with van der Waals surface area (Å²) in [5, 5.41) is 12.6. The van der Waals surface area contributed by atoms with Gasteiger partial charge in [-0.1, -0.05) is 18.2 Å².